The van der Waals surface area contributed by atoms with E-state index in [0.717, 1.165) is 17.7 Å². The highest BCUT2D eigenvalue weighted by molar-refractivity contribution is 5.87. The van der Waals surface area contributed by atoms with Gasteiger partial charge < -0.3 is 10.0 Å². The number of rotatable bonds is 5. The van der Waals surface area contributed by atoms with Crippen LogP contribution < -0.4 is 4.90 Å². The number of carboxylic acids is 1. The SMILES string of the molecule is CCc1ccc(N(C)Cc2ccc(C(=O)O)c(F)c2)cc1. The molecule has 0 bridgehead atoms. The third kappa shape index (κ3) is 3.60. The molecule has 0 saturated carbocycles. The van der Waals surface area contributed by atoms with E-state index in [1.54, 1.807) is 6.07 Å². The molecule has 3 nitrogen and oxygen atoms in total. The zero-order chi connectivity index (χ0) is 15.4. The van der Waals surface area contributed by atoms with Gasteiger partial charge in [-0.05, 0) is 41.8 Å². The maximum absolute atomic E-state index is 13.7. The summed E-state index contributed by atoms with van der Waals surface area (Å²) in [5, 5.41) is 8.82. The van der Waals surface area contributed by atoms with Crippen LogP contribution >= 0.6 is 0 Å². The number of halogens is 1. The lowest BCUT2D eigenvalue weighted by molar-refractivity contribution is 0.0692. The van der Waals surface area contributed by atoms with Crippen LogP contribution in [0.15, 0.2) is 42.5 Å². The fourth-order valence-corrected chi connectivity index (χ4v) is 2.18. The Morgan fingerprint density at radius 2 is 1.76 bits per heavy atom. The van der Waals surface area contributed by atoms with Crippen molar-refractivity contribution in [1.82, 2.24) is 0 Å². The minimum atomic E-state index is -1.25. The van der Waals surface area contributed by atoms with E-state index in [2.05, 4.69) is 19.1 Å². The maximum Gasteiger partial charge on any atom is 0.338 e. The molecular weight excluding hydrogens is 269 g/mol. The molecule has 0 radical (unpaired) electrons. The van der Waals surface area contributed by atoms with Crippen LogP contribution in [-0.4, -0.2) is 18.1 Å². The first-order chi connectivity index (χ1) is 10.0. The average Bonchev–Trinajstić information content (AvgIpc) is 2.47. The van der Waals surface area contributed by atoms with Crippen molar-refractivity contribution in [2.24, 2.45) is 0 Å². The number of benzene rings is 2. The van der Waals surface area contributed by atoms with E-state index in [9.17, 15) is 9.18 Å². The van der Waals surface area contributed by atoms with Crippen LogP contribution in [0.3, 0.4) is 0 Å². The number of carboxylic acid groups (broad SMARTS) is 1. The van der Waals surface area contributed by atoms with E-state index in [-0.39, 0.29) is 5.56 Å². The fourth-order valence-electron chi connectivity index (χ4n) is 2.18. The molecule has 0 aliphatic heterocycles. The predicted octanol–water partition coefficient (Wildman–Crippen LogP) is 3.72. The molecule has 0 atom stereocenters. The second kappa shape index (κ2) is 6.39. The number of aromatic carboxylic acids is 1. The fraction of sp³-hybridized carbons (Fsp3) is 0.235. The number of aryl methyl sites for hydroxylation is 1. The van der Waals surface area contributed by atoms with Crippen molar-refractivity contribution in [2.75, 3.05) is 11.9 Å². The summed E-state index contributed by atoms with van der Waals surface area (Å²) < 4.78 is 13.7. The first-order valence-corrected chi connectivity index (χ1v) is 6.83. The summed E-state index contributed by atoms with van der Waals surface area (Å²) in [6.07, 6.45) is 0.992. The number of anilines is 1. The standard InChI is InChI=1S/C17H18FNO2/c1-3-12-4-7-14(8-5-12)19(2)11-13-6-9-15(17(20)21)16(18)10-13/h4-10H,3,11H2,1-2H3,(H,20,21). The molecule has 2 aromatic carbocycles. The van der Waals surface area contributed by atoms with Crippen molar-refractivity contribution >= 4 is 11.7 Å². The average molecular weight is 287 g/mol. The van der Waals surface area contributed by atoms with Crippen molar-refractivity contribution in [2.45, 2.75) is 19.9 Å². The number of carbonyl (C=O) groups is 1. The molecule has 0 spiro atoms. The van der Waals surface area contributed by atoms with Crippen LogP contribution in [0.5, 0.6) is 0 Å². The minimum absolute atomic E-state index is 0.297. The molecule has 2 rings (SSSR count). The van der Waals surface area contributed by atoms with Gasteiger partial charge >= 0.3 is 5.97 Å². The van der Waals surface area contributed by atoms with Gasteiger partial charge in [-0.3, -0.25) is 0 Å². The lowest BCUT2D eigenvalue weighted by Gasteiger charge is -2.20. The van der Waals surface area contributed by atoms with Gasteiger partial charge in [-0.1, -0.05) is 25.1 Å². The van der Waals surface area contributed by atoms with Gasteiger partial charge in [0, 0.05) is 19.3 Å². The molecule has 0 unspecified atom stereocenters. The molecule has 0 amide bonds. The highest BCUT2D eigenvalue weighted by Gasteiger charge is 2.11. The summed E-state index contributed by atoms with van der Waals surface area (Å²) in [7, 11) is 1.92. The smallest absolute Gasteiger partial charge is 0.338 e. The van der Waals surface area contributed by atoms with E-state index in [1.165, 1.54) is 17.7 Å². The first kappa shape index (κ1) is 15.0. The Labute approximate surface area is 123 Å². The second-order valence-electron chi connectivity index (χ2n) is 5.00. The molecule has 4 heteroatoms. The highest BCUT2D eigenvalue weighted by atomic mass is 19.1. The molecule has 0 aliphatic rings. The molecule has 0 aromatic heterocycles. The molecule has 0 saturated heterocycles. The molecule has 21 heavy (non-hydrogen) atoms. The molecule has 1 N–H and O–H groups in total. The molecule has 0 heterocycles. The number of hydrogen-bond donors (Lipinski definition) is 1. The van der Waals surface area contributed by atoms with Crippen LogP contribution in [0.1, 0.15) is 28.4 Å². The lowest BCUT2D eigenvalue weighted by Crippen LogP contribution is -2.16. The minimum Gasteiger partial charge on any atom is -0.478 e. The summed E-state index contributed by atoms with van der Waals surface area (Å²) in [6, 6.07) is 12.4. The van der Waals surface area contributed by atoms with Crippen LogP contribution in [0.4, 0.5) is 10.1 Å². The summed E-state index contributed by atoms with van der Waals surface area (Å²) in [6.45, 7) is 2.62. The predicted molar refractivity (Wildman–Crippen MR) is 81.3 cm³/mol. The summed E-state index contributed by atoms with van der Waals surface area (Å²) in [4.78, 5) is 12.8. The second-order valence-corrected chi connectivity index (χ2v) is 5.00. The largest absolute Gasteiger partial charge is 0.478 e. The Morgan fingerprint density at radius 3 is 2.29 bits per heavy atom. The Kier molecular flexibility index (Phi) is 4.58. The van der Waals surface area contributed by atoms with E-state index < -0.39 is 11.8 Å². The molecule has 0 aliphatic carbocycles. The molecule has 110 valence electrons. The third-order valence-corrected chi connectivity index (χ3v) is 3.47. The lowest BCUT2D eigenvalue weighted by atomic mass is 10.1. The summed E-state index contributed by atoms with van der Waals surface area (Å²) >= 11 is 0. The number of nitrogens with zero attached hydrogens (tertiary/aromatic N) is 1. The van der Waals surface area contributed by atoms with Crippen LogP contribution in [-0.2, 0) is 13.0 Å². The molecular formula is C17H18FNO2. The van der Waals surface area contributed by atoms with E-state index in [0.29, 0.717) is 6.54 Å². The van der Waals surface area contributed by atoms with Crippen molar-refractivity contribution in [3.8, 4) is 0 Å². The molecule has 0 fully saturated rings. The Bertz CT molecular complexity index is 638. The monoisotopic (exact) mass is 287 g/mol. The summed E-state index contributed by atoms with van der Waals surface area (Å²) in [5.41, 5.74) is 2.74. The van der Waals surface area contributed by atoms with Gasteiger partial charge in [0.25, 0.3) is 0 Å². The normalized spacial score (nSPS) is 10.4. The van der Waals surface area contributed by atoms with Crippen LogP contribution in [0.25, 0.3) is 0 Å². The van der Waals surface area contributed by atoms with Gasteiger partial charge in [-0.25, -0.2) is 9.18 Å². The zero-order valence-electron chi connectivity index (χ0n) is 12.1. The van der Waals surface area contributed by atoms with Gasteiger partial charge in [0.2, 0.25) is 0 Å². The third-order valence-electron chi connectivity index (χ3n) is 3.47. The van der Waals surface area contributed by atoms with Gasteiger partial charge in [-0.2, -0.15) is 0 Å². The van der Waals surface area contributed by atoms with Gasteiger partial charge in [-0.15, -0.1) is 0 Å². The zero-order valence-corrected chi connectivity index (χ0v) is 12.1. The van der Waals surface area contributed by atoms with Crippen molar-refractivity contribution in [1.29, 1.82) is 0 Å². The van der Waals surface area contributed by atoms with Crippen LogP contribution in [0.2, 0.25) is 0 Å². The summed E-state index contributed by atoms with van der Waals surface area (Å²) in [5.74, 6) is -1.95. The Morgan fingerprint density at radius 1 is 1.14 bits per heavy atom. The molecule has 2 aromatic rings. The van der Waals surface area contributed by atoms with Gasteiger partial charge in [0.1, 0.15) is 5.82 Å². The van der Waals surface area contributed by atoms with Crippen LogP contribution in [0, 0.1) is 5.82 Å². The first-order valence-electron chi connectivity index (χ1n) is 6.83. The van der Waals surface area contributed by atoms with Gasteiger partial charge in [0.15, 0.2) is 0 Å². The quantitative estimate of drug-likeness (QED) is 0.911. The Balaban J connectivity index is 2.13. The van der Waals surface area contributed by atoms with E-state index in [1.807, 2.05) is 24.1 Å². The van der Waals surface area contributed by atoms with Crippen molar-refractivity contribution in [3.63, 3.8) is 0 Å². The van der Waals surface area contributed by atoms with Crippen molar-refractivity contribution < 1.29 is 14.3 Å². The van der Waals surface area contributed by atoms with Crippen molar-refractivity contribution in [3.05, 3.63) is 65.0 Å². The van der Waals surface area contributed by atoms with Gasteiger partial charge in [0.05, 0.1) is 5.56 Å². The topological polar surface area (TPSA) is 40.5 Å². The highest BCUT2D eigenvalue weighted by Crippen LogP contribution is 2.18. The van der Waals surface area contributed by atoms with E-state index in [4.69, 9.17) is 5.11 Å². The number of hydrogen-bond acceptors (Lipinski definition) is 2. The maximum atomic E-state index is 13.7. The van der Waals surface area contributed by atoms with E-state index >= 15 is 0 Å². The Hall–Kier alpha value is -2.36.